The maximum Gasteiger partial charge on any atom is 0.339 e. The quantitative estimate of drug-likeness (QED) is 0.282. The minimum Gasteiger partial charge on any atom is -0.512 e. The van der Waals surface area contributed by atoms with E-state index >= 15 is 0 Å². The first-order valence-corrected chi connectivity index (χ1v) is 8.78. The maximum atomic E-state index is 12.2. The van der Waals surface area contributed by atoms with Crippen LogP contribution in [0.5, 0.6) is 0 Å². The maximum absolute atomic E-state index is 12.2. The molecule has 1 aromatic rings. The Bertz CT molecular complexity index is 680. The second kappa shape index (κ2) is 10.7. The Morgan fingerprint density at radius 3 is 2.48 bits per heavy atom. The second-order valence-electron chi connectivity index (χ2n) is 5.40. The number of aliphatic hydroxyl groups is 1. The van der Waals surface area contributed by atoms with Crippen LogP contribution in [-0.4, -0.2) is 29.7 Å². The smallest absolute Gasteiger partial charge is 0.339 e. The summed E-state index contributed by atoms with van der Waals surface area (Å²) >= 11 is 6.23. The lowest BCUT2D eigenvalue weighted by atomic mass is 10.0. The summed E-state index contributed by atoms with van der Waals surface area (Å²) in [5.74, 6) is -0.687. The third kappa shape index (κ3) is 6.02. The monoisotopic (exact) mass is 365 g/mol. The van der Waals surface area contributed by atoms with Gasteiger partial charge in [0.2, 0.25) is 0 Å². The van der Waals surface area contributed by atoms with Crippen LogP contribution in [-0.2, 0) is 9.53 Å². The van der Waals surface area contributed by atoms with Crippen LogP contribution in [0.2, 0.25) is 5.02 Å². The van der Waals surface area contributed by atoms with E-state index in [-0.39, 0.29) is 34.3 Å². The van der Waals surface area contributed by atoms with Gasteiger partial charge in [-0.05, 0) is 31.9 Å². The number of benzene rings is 1. The molecule has 1 rings (SSSR count). The van der Waals surface area contributed by atoms with Gasteiger partial charge in [-0.25, -0.2) is 4.79 Å². The van der Waals surface area contributed by atoms with Crippen LogP contribution in [0.25, 0.3) is 0 Å². The first-order chi connectivity index (χ1) is 12.0. The van der Waals surface area contributed by atoms with Crippen molar-refractivity contribution in [3.8, 4) is 0 Å². The van der Waals surface area contributed by atoms with Crippen molar-refractivity contribution in [2.75, 3.05) is 6.61 Å². The summed E-state index contributed by atoms with van der Waals surface area (Å²) in [6, 6.07) is 4.81. The molecule has 136 valence electrons. The average Bonchev–Trinajstić information content (AvgIpc) is 2.57. The molecule has 0 spiro atoms. The Balaban J connectivity index is 3.20. The summed E-state index contributed by atoms with van der Waals surface area (Å²) in [5.41, 5.74) is 0.723. The molecule has 0 fully saturated rings. The van der Waals surface area contributed by atoms with E-state index in [1.807, 2.05) is 13.8 Å². The predicted molar refractivity (Wildman–Crippen MR) is 100 cm³/mol. The second-order valence-corrected chi connectivity index (χ2v) is 5.78. The summed E-state index contributed by atoms with van der Waals surface area (Å²) < 4.78 is 4.95. The van der Waals surface area contributed by atoms with Crippen molar-refractivity contribution in [1.82, 2.24) is 0 Å². The lowest BCUT2D eigenvalue weighted by Crippen LogP contribution is -2.07. The van der Waals surface area contributed by atoms with Gasteiger partial charge < -0.3 is 9.84 Å². The van der Waals surface area contributed by atoms with Gasteiger partial charge in [0, 0.05) is 19.1 Å². The van der Waals surface area contributed by atoms with Crippen molar-refractivity contribution in [3.05, 3.63) is 40.1 Å². The Kier molecular flexibility index (Phi) is 8.92. The highest BCUT2D eigenvalue weighted by atomic mass is 35.5. The summed E-state index contributed by atoms with van der Waals surface area (Å²) in [6.07, 6.45) is 3.43. The van der Waals surface area contributed by atoms with E-state index in [0.29, 0.717) is 31.4 Å². The van der Waals surface area contributed by atoms with E-state index < -0.39 is 5.97 Å². The number of aliphatic hydroxyl groups excluding tert-OH is 1. The van der Waals surface area contributed by atoms with Crippen molar-refractivity contribution < 1.29 is 19.4 Å². The van der Waals surface area contributed by atoms with E-state index in [2.05, 4.69) is 4.99 Å². The number of Topliss-reactive ketones (excluding diaryl/α,β-unsaturated/α-hetero) is 1. The molecule has 0 aliphatic carbocycles. The molecule has 0 saturated heterocycles. The lowest BCUT2D eigenvalue weighted by Gasteiger charge is -2.07. The van der Waals surface area contributed by atoms with Crippen LogP contribution in [0.15, 0.2) is 34.5 Å². The Morgan fingerprint density at radius 1 is 1.20 bits per heavy atom. The summed E-state index contributed by atoms with van der Waals surface area (Å²) in [5, 5.41) is 10.3. The fourth-order valence-corrected chi connectivity index (χ4v) is 2.41. The van der Waals surface area contributed by atoms with Crippen molar-refractivity contribution in [1.29, 1.82) is 0 Å². The third-order valence-corrected chi connectivity index (χ3v) is 3.78. The largest absolute Gasteiger partial charge is 0.512 e. The number of rotatable bonds is 9. The van der Waals surface area contributed by atoms with Crippen molar-refractivity contribution in [3.63, 3.8) is 0 Å². The molecule has 1 N–H and O–H groups in total. The summed E-state index contributed by atoms with van der Waals surface area (Å²) in [6.45, 7) is 5.75. The number of ether oxygens (including phenoxy) is 1. The first-order valence-electron chi connectivity index (χ1n) is 8.41. The predicted octanol–water partition coefficient (Wildman–Crippen LogP) is 5.20. The van der Waals surface area contributed by atoms with Crippen LogP contribution in [0, 0.1) is 0 Å². The highest BCUT2D eigenvalue weighted by Gasteiger charge is 2.15. The molecule has 0 saturated carbocycles. The van der Waals surface area contributed by atoms with Gasteiger partial charge in [-0.2, -0.15) is 0 Å². The van der Waals surface area contributed by atoms with E-state index in [4.69, 9.17) is 16.3 Å². The van der Waals surface area contributed by atoms with E-state index in [0.717, 1.165) is 0 Å². The van der Waals surface area contributed by atoms with Gasteiger partial charge in [0.05, 0.1) is 28.5 Å². The number of allylic oxidation sites excluding steroid dienone is 2. The third-order valence-electron chi connectivity index (χ3n) is 3.38. The molecule has 6 heteroatoms. The van der Waals surface area contributed by atoms with Crippen molar-refractivity contribution in [2.24, 2.45) is 4.99 Å². The van der Waals surface area contributed by atoms with Crippen LogP contribution in [0.3, 0.4) is 0 Å². The van der Waals surface area contributed by atoms with Crippen LogP contribution in [0.4, 0.5) is 5.69 Å². The number of ketones is 1. The van der Waals surface area contributed by atoms with Crippen LogP contribution >= 0.6 is 11.6 Å². The normalized spacial score (nSPS) is 12.2. The molecule has 0 unspecified atom stereocenters. The molecule has 0 atom stereocenters. The summed E-state index contributed by atoms with van der Waals surface area (Å²) in [7, 11) is 0. The summed E-state index contributed by atoms with van der Waals surface area (Å²) in [4.78, 5) is 28.3. The SMILES string of the molecule is CCCC(=O)C(C=Nc1cccc(C(=O)OCC)c1Cl)=C(O)CCC. The fraction of sp³-hybridized carbons (Fsp3) is 0.421. The van der Waals surface area contributed by atoms with Crippen LogP contribution < -0.4 is 0 Å². The van der Waals surface area contributed by atoms with Gasteiger partial charge in [-0.1, -0.05) is 31.5 Å². The molecule has 0 radical (unpaired) electrons. The number of hydrogen-bond donors (Lipinski definition) is 1. The zero-order chi connectivity index (χ0) is 18.8. The zero-order valence-electron chi connectivity index (χ0n) is 14.8. The topological polar surface area (TPSA) is 76.0 Å². The molecule has 0 amide bonds. The number of esters is 1. The van der Waals surface area contributed by atoms with Gasteiger partial charge in [-0.3, -0.25) is 9.79 Å². The number of carbonyl (C=O) groups is 2. The van der Waals surface area contributed by atoms with Crippen LogP contribution in [0.1, 0.15) is 56.8 Å². The molecule has 0 bridgehead atoms. The highest BCUT2D eigenvalue weighted by Crippen LogP contribution is 2.29. The van der Waals surface area contributed by atoms with Gasteiger partial charge in [0.15, 0.2) is 5.78 Å². The van der Waals surface area contributed by atoms with E-state index in [1.54, 1.807) is 25.1 Å². The number of nitrogens with zero attached hydrogens (tertiary/aromatic N) is 1. The lowest BCUT2D eigenvalue weighted by molar-refractivity contribution is -0.115. The van der Waals surface area contributed by atoms with E-state index in [1.165, 1.54) is 6.21 Å². The molecular weight excluding hydrogens is 342 g/mol. The minimum atomic E-state index is -0.531. The molecule has 5 nitrogen and oxygen atoms in total. The van der Waals surface area contributed by atoms with Crippen molar-refractivity contribution in [2.45, 2.75) is 46.5 Å². The first kappa shape index (κ1) is 20.9. The Hall–Kier alpha value is -2.14. The molecule has 0 aromatic heterocycles. The number of halogens is 1. The number of hydrogen-bond acceptors (Lipinski definition) is 5. The van der Waals surface area contributed by atoms with Gasteiger partial charge in [-0.15, -0.1) is 0 Å². The molecule has 0 heterocycles. The standard InChI is InChI=1S/C19H24ClNO4/c1-4-8-16(22)14(17(23)9-5-2)12-21-15-11-7-10-13(18(15)20)19(24)25-6-3/h7,10-12,22H,4-6,8-9H2,1-3H3. The number of carbonyl (C=O) groups excluding carboxylic acids is 2. The van der Waals surface area contributed by atoms with Gasteiger partial charge in [0.25, 0.3) is 0 Å². The highest BCUT2D eigenvalue weighted by molar-refractivity contribution is 6.36. The molecular formula is C19H24ClNO4. The fourth-order valence-electron chi connectivity index (χ4n) is 2.16. The molecule has 0 aliphatic rings. The number of aliphatic imine (C=N–C) groups is 1. The Labute approximate surface area is 153 Å². The Morgan fingerprint density at radius 2 is 1.88 bits per heavy atom. The van der Waals surface area contributed by atoms with Gasteiger partial charge in [0.1, 0.15) is 5.76 Å². The average molecular weight is 366 g/mol. The van der Waals surface area contributed by atoms with Crippen molar-refractivity contribution >= 4 is 35.3 Å². The van der Waals surface area contributed by atoms with Gasteiger partial charge >= 0.3 is 5.97 Å². The molecule has 25 heavy (non-hydrogen) atoms. The zero-order valence-corrected chi connectivity index (χ0v) is 15.6. The molecule has 1 aromatic carbocycles. The molecule has 0 aliphatic heterocycles. The van der Waals surface area contributed by atoms with E-state index in [9.17, 15) is 14.7 Å². The minimum absolute atomic E-state index is 0.0161.